The van der Waals surface area contributed by atoms with Crippen molar-refractivity contribution >= 4 is 15.9 Å². The van der Waals surface area contributed by atoms with E-state index in [0.29, 0.717) is 5.75 Å². The molecule has 146 valence electrons. The molecule has 1 atom stereocenters. The largest absolute Gasteiger partial charge is 0.496 e. The van der Waals surface area contributed by atoms with E-state index in [0.717, 1.165) is 9.87 Å². The fraction of sp³-hybridized carbons (Fsp3) is 0.316. The van der Waals surface area contributed by atoms with Gasteiger partial charge in [-0.3, -0.25) is 4.79 Å². The molecule has 0 aromatic heterocycles. The van der Waals surface area contributed by atoms with Crippen molar-refractivity contribution in [3.8, 4) is 11.5 Å². The van der Waals surface area contributed by atoms with Gasteiger partial charge in [0.05, 0.1) is 20.3 Å². The van der Waals surface area contributed by atoms with E-state index in [1.165, 1.54) is 39.4 Å². The van der Waals surface area contributed by atoms with Crippen molar-refractivity contribution in [3.05, 3.63) is 53.6 Å². The average molecular weight is 392 g/mol. The smallest absolute Gasteiger partial charge is 0.251 e. The predicted molar refractivity (Wildman–Crippen MR) is 103 cm³/mol. The lowest BCUT2D eigenvalue weighted by molar-refractivity contribution is 0.0939. The number of nitrogens with one attached hydrogen (secondary N) is 1. The van der Waals surface area contributed by atoms with Crippen molar-refractivity contribution in [2.24, 2.45) is 0 Å². The Morgan fingerprint density at radius 3 is 2.26 bits per heavy atom. The third kappa shape index (κ3) is 4.40. The molecule has 2 rings (SSSR count). The minimum Gasteiger partial charge on any atom is -0.496 e. The molecular weight excluding hydrogens is 368 g/mol. The van der Waals surface area contributed by atoms with E-state index in [-0.39, 0.29) is 22.3 Å². The normalized spacial score (nSPS) is 12.5. The number of carbonyl (C=O) groups excluding carboxylic acids is 1. The number of para-hydroxylation sites is 1. The van der Waals surface area contributed by atoms with Gasteiger partial charge in [0.15, 0.2) is 0 Å². The van der Waals surface area contributed by atoms with Crippen LogP contribution in [0.15, 0.2) is 47.4 Å². The molecule has 2 aromatic rings. The second-order valence-electron chi connectivity index (χ2n) is 6.09. The number of nitrogens with zero attached hydrogens (tertiary/aromatic N) is 1. The fourth-order valence-corrected chi connectivity index (χ4v) is 3.67. The molecule has 2 aromatic carbocycles. The molecule has 0 aliphatic rings. The number of methoxy groups -OCH3 is 2. The van der Waals surface area contributed by atoms with Crippen LogP contribution in [0.2, 0.25) is 0 Å². The Bertz CT molecular complexity index is 925. The second-order valence-corrected chi connectivity index (χ2v) is 8.21. The molecule has 0 saturated carbocycles. The summed E-state index contributed by atoms with van der Waals surface area (Å²) < 4.78 is 36.6. The Hall–Kier alpha value is -2.58. The van der Waals surface area contributed by atoms with E-state index in [1.807, 2.05) is 31.2 Å². The van der Waals surface area contributed by atoms with E-state index < -0.39 is 15.9 Å². The molecule has 1 N–H and O–H groups in total. The summed E-state index contributed by atoms with van der Waals surface area (Å²) >= 11 is 0. The Labute approximate surface area is 160 Å². The number of carbonyl (C=O) groups is 1. The zero-order chi connectivity index (χ0) is 20.2. The molecule has 0 radical (unpaired) electrons. The second kappa shape index (κ2) is 8.41. The van der Waals surface area contributed by atoms with Crippen molar-refractivity contribution < 1.29 is 22.7 Å². The molecule has 1 unspecified atom stereocenters. The highest BCUT2D eigenvalue weighted by molar-refractivity contribution is 7.89. The van der Waals surface area contributed by atoms with Crippen LogP contribution in [0, 0.1) is 0 Å². The lowest BCUT2D eigenvalue weighted by Gasteiger charge is -2.18. The topological polar surface area (TPSA) is 84.9 Å². The molecule has 27 heavy (non-hydrogen) atoms. The molecule has 0 fully saturated rings. The van der Waals surface area contributed by atoms with Gasteiger partial charge in [-0.1, -0.05) is 18.2 Å². The van der Waals surface area contributed by atoms with Crippen LogP contribution in [0.3, 0.4) is 0 Å². The highest BCUT2D eigenvalue weighted by Crippen LogP contribution is 2.28. The molecule has 0 heterocycles. The molecule has 8 heteroatoms. The SMILES string of the molecule is COc1ccccc1C(C)NC(=O)c1ccc(OC)c(S(=O)(=O)N(C)C)c1. The molecular formula is C19H24N2O5S. The van der Waals surface area contributed by atoms with E-state index in [9.17, 15) is 13.2 Å². The Balaban J connectivity index is 2.34. The maximum Gasteiger partial charge on any atom is 0.251 e. The Kier molecular flexibility index (Phi) is 6.45. The molecule has 0 spiro atoms. The average Bonchev–Trinajstić information content (AvgIpc) is 2.66. The molecule has 0 saturated heterocycles. The summed E-state index contributed by atoms with van der Waals surface area (Å²) in [6, 6.07) is 11.4. The number of ether oxygens (including phenoxy) is 2. The van der Waals surface area contributed by atoms with E-state index in [2.05, 4.69) is 5.32 Å². The molecule has 7 nitrogen and oxygen atoms in total. The van der Waals surface area contributed by atoms with E-state index in [1.54, 1.807) is 7.11 Å². The third-order valence-corrected chi connectivity index (χ3v) is 5.97. The summed E-state index contributed by atoms with van der Waals surface area (Å²) in [4.78, 5) is 12.6. The van der Waals surface area contributed by atoms with Gasteiger partial charge in [-0.15, -0.1) is 0 Å². The first-order valence-electron chi connectivity index (χ1n) is 8.26. The summed E-state index contributed by atoms with van der Waals surface area (Å²) in [5.74, 6) is 0.445. The highest BCUT2D eigenvalue weighted by Gasteiger charge is 2.24. The number of benzene rings is 2. The quantitative estimate of drug-likeness (QED) is 0.782. The number of sulfonamides is 1. The summed E-state index contributed by atoms with van der Waals surface area (Å²) in [7, 11) is 2.03. The van der Waals surface area contributed by atoms with Gasteiger partial charge in [-0.05, 0) is 31.2 Å². The van der Waals surface area contributed by atoms with Crippen LogP contribution in [0.25, 0.3) is 0 Å². The summed E-state index contributed by atoms with van der Waals surface area (Å²) in [6.07, 6.45) is 0. The van der Waals surface area contributed by atoms with Gasteiger partial charge in [0, 0.05) is 25.2 Å². The van der Waals surface area contributed by atoms with E-state index >= 15 is 0 Å². The van der Waals surface area contributed by atoms with Crippen LogP contribution in [-0.4, -0.2) is 46.9 Å². The maximum absolute atomic E-state index is 12.7. The molecule has 1 amide bonds. The van der Waals surface area contributed by atoms with Gasteiger partial charge in [-0.2, -0.15) is 0 Å². The standard InChI is InChI=1S/C19H24N2O5S/c1-13(15-8-6-7-9-16(15)25-4)20-19(22)14-10-11-17(26-5)18(12-14)27(23,24)21(2)3/h6-13H,1-5H3,(H,20,22). The molecule has 0 aliphatic carbocycles. The van der Waals surface area contributed by atoms with Gasteiger partial charge < -0.3 is 14.8 Å². The lowest BCUT2D eigenvalue weighted by atomic mass is 10.1. The highest BCUT2D eigenvalue weighted by atomic mass is 32.2. The first-order chi connectivity index (χ1) is 12.7. The van der Waals surface area contributed by atoms with Crippen LogP contribution in [0.4, 0.5) is 0 Å². The summed E-state index contributed by atoms with van der Waals surface area (Å²) in [5.41, 5.74) is 1.04. The van der Waals surface area contributed by atoms with E-state index in [4.69, 9.17) is 9.47 Å². The first kappa shape index (κ1) is 20.7. The van der Waals surface area contributed by atoms with Crippen molar-refractivity contribution in [1.29, 1.82) is 0 Å². The van der Waals surface area contributed by atoms with Crippen LogP contribution in [0.1, 0.15) is 28.9 Å². The van der Waals surface area contributed by atoms with Crippen molar-refractivity contribution in [1.82, 2.24) is 9.62 Å². The van der Waals surface area contributed by atoms with Gasteiger partial charge >= 0.3 is 0 Å². The van der Waals surface area contributed by atoms with Crippen LogP contribution < -0.4 is 14.8 Å². The predicted octanol–water partition coefficient (Wildman–Crippen LogP) is 2.45. The van der Waals surface area contributed by atoms with Crippen molar-refractivity contribution in [3.63, 3.8) is 0 Å². The van der Waals surface area contributed by atoms with Crippen molar-refractivity contribution in [2.45, 2.75) is 17.9 Å². The maximum atomic E-state index is 12.7. The van der Waals surface area contributed by atoms with Crippen molar-refractivity contribution in [2.75, 3.05) is 28.3 Å². The van der Waals surface area contributed by atoms with Gasteiger partial charge in [-0.25, -0.2) is 12.7 Å². The van der Waals surface area contributed by atoms with Gasteiger partial charge in [0.2, 0.25) is 10.0 Å². The minimum absolute atomic E-state index is 0.0624. The zero-order valence-corrected chi connectivity index (χ0v) is 16.8. The number of rotatable bonds is 7. The minimum atomic E-state index is -3.76. The zero-order valence-electron chi connectivity index (χ0n) is 16.0. The number of hydrogen-bond acceptors (Lipinski definition) is 5. The number of hydrogen-bond donors (Lipinski definition) is 1. The number of amides is 1. The lowest BCUT2D eigenvalue weighted by Crippen LogP contribution is -2.28. The van der Waals surface area contributed by atoms with Gasteiger partial charge in [0.25, 0.3) is 5.91 Å². The summed E-state index contributed by atoms with van der Waals surface area (Å²) in [5, 5.41) is 2.86. The Morgan fingerprint density at radius 1 is 1.04 bits per heavy atom. The first-order valence-corrected chi connectivity index (χ1v) is 9.70. The molecule has 0 aliphatic heterocycles. The fourth-order valence-electron chi connectivity index (χ4n) is 2.60. The summed E-state index contributed by atoms with van der Waals surface area (Å²) in [6.45, 7) is 1.83. The monoisotopic (exact) mass is 392 g/mol. The van der Waals surface area contributed by atoms with Crippen LogP contribution >= 0.6 is 0 Å². The molecule has 0 bridgehead atoms. The van der Waals surface area contributed by atoms with Crippen LogP contribution in [0.5, 0.6) is 11.5 Å². The third-order valence-electron chi connectivity index (χ3n) is 4.14. The van der Waals surface area contributed by atoms with Crippen LogP contribution in [-0.2, 0) is 10.0 Å². The van der Waals surface area contributed by atoms with Gasteiger partial charge in [0.1, 0.15) is 16.4 Å². The Morgan fingerprint density at radius 2 is 1.67 bits per heavy atom.